The van der Waals surface area contributed by atoms with Gasteiger partial charge in [0.2, 0.25) is 0 Å². The second-order valence-corrected chi connectivity index (χ2v) is 6.65. The molecule has 1 fully saturated rings. The summed E-state index contributed by atoms with van der Waals surface area (Å²) in [6.45, 7) is 6.59. The summed E-state index contributed by atoms with van der Waals surface area (Å²) in [6, 6.07) is 7.72. The number of anilines is 1. The Labute approximate surface area is 127 Å². The van der Waals surface area contributed by atoms with Crippen LogP contribution in [-0.4, -0.2) is 12.1 Å². The number of benzene rings is 1. The Kier molecular flexibility index (Phi) is 5.27. The Balaban J connectivity index is 1.82. The zero-order valence-electron chi connectivity index (χ0n) is 13.3. The van der Waals surface area contributed by atoms with Crippen molar-refractivity contribution in [1.29, 1.82) is 0 Å². The van der Waals surface area contributed by atoms with E-state index >= 15 is 0 Å². The van der Waals surface area contributed by atoms with Crippen molar-refractivity contribution in [2.24, 2.45) is 11.8 Å². The highest BCUT2D eigenvalue weighted by Gasteiger charge is 2.27. The lowest BCUT2D eigenvalue weighted by atomic mass is 9.80. The van der Waals surface area contributed by atoms with Crippen molar-refractivity contribution in [2.45, 2.75) is 58.5 Å². The van der Waals surface area contributed by atoms with Crippen LogP contribution in [0.5, 0.6) is 0 Å². The molecule has 21 heavy (non-hydrogen) atoms. The fourth-order valence-electron chi connectivity index (χ4n) is 3.03. The molecule has 0 aliphatic heterocycles. The third-order valence-electron chi connectivity index (χ3n) is 4.83. The van der Waals surface area contributed by atoms with Gasteiger partial charge in [-0.1, -0.05) is 32.9 Å². The maximum atomic E-state index is 12.1. The molecule has 1 aromatic rings. The third kappa shape index (κ3) is 4.48. The van der Waals surface area contributed by atoms with E-state index in [2.05, 4.69) is 20.8 Å². The molecule has 1 aliphatic rings. The molecular formula is C18H27NO2. The average Bonchev–Trinajstić information content (AvgIpc) is 2.43. The molecule has 4 unspecified atom stereocenters. The molecule has 1 saturated carbocycles. The van der Waals surface area contributed by atoms with Crippen molar-refractivity contribution < 1.29 is 9.53 Å². The van der Waals surface area contributed by atoms with Gasteiger partial charge in [-0.3, -0.25) is 4.79 Å². The molecule has 4 atom stereocenters. The molecule has 0 bridgehead atoms. The molecule has 0 saturated heterocycles. The van der Waals surface area contributed by atoms with Crippen LogP contribution in [0, 0.1) is 11.8 Å². The van der Waals surface area contributed by atoms with E-state index in [4.69, 9.17) is 10.5 Å². The first kappa shape index (κ1) is 15.9. The monoisotopic (exact) mass is 289 g/mol. The molecule has 3 heteroatoms. The summed E-state index contributed by atoms with van der Waals surface area (Å²) in [4.78, 5) is 12.1. The summed E-state index contributed by atoms with van der Waals surface area (Å²) in [5.41, 5.74) is 7.56. The van der Waals surface area contributed by atoms with Gasteiger partial charge < -0.3 is 10.5 Å². The lowest BCUT2D eigenvalue weighted by Gasteiger charge is -2.31. The molecule has 0 spiro atoms. The highest BCUT2D eigenvalue weighted by atomic mass is 16.5. The van der Waals surface area contributed by atoms with Crippen LogP contribution in [0.15, 0.2) is 24.3 Å². The largest absolute Gasteiger partial charge is 0.462 e. The minimum Gasteiger partial charge on any atom is -0.462 e. The van der Waals surface area contributed by atoms with Crippen molar-refractivity contribution in [2.75, 3.05) is 5.73 Å². The van der Waals surface area contributed by atoms with Crippen LogP contribution in [0.1, 0.15) is 57.9 Å². The van der Waals surface area contributed by atoms with Crippen LogP contribution >= 0.6 is 0 Å². The van der Waals surface area contributed by atoms with Gasteiger partial charge in [0.05, 0.1) is 6.42 Å². The van der Waals surface area contributed by atoms with Gasteiger partial charge in [-0.25, -0.2) is 0 Å². The Morgan fingerprint density at radius 1 is 1.24 bits per heavy atom. The molecule has 0 radical (unpaired) electrons. The van der Waals surface area contributed by atoms with Gasteiger partial charge in [0, 0.05) is 5.69 Å². The first-order valence-corrected chi connectivity index (χ1v) is 8.00. The van der Waals surface area contributed by atoms with Crippen molar-refractivity contribution in [3.63, 3.8) is 0 Å². The van der Waals surface area contributed by atoms with Crippen LogP contribution < -0.4 is 5.73 Å². The first-order chi connectivity index (χ1) is 9.95. The molecule has 1 aliphatic carbocycles. The maximum absolute atomic E-state index is 12.1. The normalized spacial score (nSPS) is 27.1. The summed E-state index contributed by atoms with van der Waals surface area (Å²) in [6.07, 6.45) is 3.72. The van der Waals surface area contributed by atoms with E-state index in [9.17, 15) is 4.79 Å². The summed E-state index contributed by atoms with van der Waals surface area (Å²) in [7, 11) is 0. The Bertz CT molecular complexity index is 469. The van der Waals surface area contributed by atoms with E-state index in [0.29, 0.717) is 12.3 Å². The highest BCUT2D eigenvalue weighted by molar-refractivity contribution is 5.70. The number of ether oxygens (including phenoxy) is 1. The van der Waals surface area contributed by atoms with E-state index in [-0.39, 0.29) is 18.0 Å². The molecule has 116 valence electrons. The Morgan fingerprint density at radius 3 is 2.52 bits per heavy atom. The van der Waals surface area contributed by atoms with Gasteiger partial charge in [-0.2, -0.15) is 0 Å². The van der Waals surface area contributed by atoms with Crippen LogP contribution in [-0.2, 0) is 9.53 Å². The lowest BCUT2D eigenvalue weighted by molar-refractivity contribution is -0.152. The highest BCUT2D eigenvalue weighted by Crippen LogP contribution is 2.31. The number of rotatable bonds is 4. The van der Waals surface area contributed by atoms with Crippen LogP contribution in [0.4, 0.5) is 5.69 Å². The standard InChI is InChI=1S/C18H27NO2/c1-12-4-9-17(10-13(12)2)21-18(20)11-14(3)15-5-7-16(19)8-6-15/h5-8,12-14,17H,4,9-11,19H2,1-3H3. The zero-order valence-corrected chi connectivity index (χ0v) is 13.3. The number of nitrogen functional groups attached to an aromatic ring is 1. The fourth-order valence-corrected chi connectivity index (χ4v) is 3.03. The summed E-state index contributed by atoms with van der Waals surface area (Å²) >= 11 is 0. The number of carbonyl (C=O) groups excluding carboxylic acids is 1. The minimum absolute atomic E-state index is 0.0777. The number of hydrogen-bond donors (Lipinski definition) is 1. The van der Waals surface area contributed by atoms with Gasteiger partial charge in [0.1, 0.15) is 6.10 Å². The zero-order chi connectivity index (χ0) is 15.4. The van der Waals surface area contributed by atoms with E-state index in [1.54, 1.807) is 0 Å². The average molecular weight is 289 g/mol. The van der Waals surface area contributed by atoms with Gasteiger partial charge in [0.25, 0.3) is 0 Å². The number of esters is 1. The van der Waals surface area contributed by atoms with Crippen LogP contribution in [0.3, 0.4) is 0 Å². The van der Waals surface area contributed by atoms with E-state index in [1.165, 1.54) is 0 Å². The van der Waals surface area contributed by atoms with Gasteiger partial charge in [0.15, 0.2) is 0 Å². The van der Waals surface area contributed by atoms with E-state index < -0.39 is 0 Å². The molecule has 2 rings (SSSR count). The van der Waals surface area contributed by atoms with Gasteiger partial charge >= 0.3 is 5.97 Å². The van der Waals surface area contributed by atoms with Gasteiger partial charge in [-0.05, 0) is 54.7 Å². The third-order valence-corrected chi connectivity index (χ3v) is 4.83. The number of carbonyl (C=O) groups is 1. The van der Waals surface area contributed by atoms with E-state index in [1.807, 2.05) is 24.3 Å². The molecule has 0 aromatic heterocycles. The fraction of sp³-hybridized carbons (Fsp3) is 0.611. The topological polar surface area (TPSA) is 52.3 Å². The van der Waals surface area contributed by atoms with Gasteiger partial charge in [-0.15, -0.1) is 0 Å². The molecule has 1 aromatic carbocycles. The summed E-state index contributed by atoms with van der Waals surface area (Å²) in [5.74, 6) is 1.48. The van der Waals surface area contributed by atoms with Crippen LogP contribution in [0.2, 0.25) is 0 Å². The second kappa shape index (κ2) is 6.97. The van der Waals surface area contributed by atoms with Crippen molar-refractivity contribution >= 4 is 11.7 Å². The molecule has 0 amide bonds. The lowest BCUT2D eigenvalue weighted by Crippen LogP contribution is -2.29. The van der Waals surface area contributed by atoms with Crippen LogP contribution in [0.25, 0.3) is 0 Å². The predicted molar refractivity (Wildman–Crippen MR) is 85.9 cm³/mol. The summed E-state index contributed by atoms with van der Waals surface area (Å²) in [5, 5.41) is 0. The molecule has 3 nitrogen and oxygen atoms in total. The van der Waals surface area contributed by atoms with E-state index in [0.717, 1.165) is 36.4 Å². The number of hydrogen-bond acceptors (Lipinski definition) is 3. The first-order valence-electron chi connectivity index (χ1n) is 8.00. The number of nitrogens with two attached hydrogens (primary N) is 1. The van der Waals surface area contributed by atoms with Crippen molar-refractivity contribution in [3.8, 4) is 0 Å². The Hall–Kier alpha value is -1.51. The van der Waals surface area contributed by atoms with Crippen molar-refractivity contribution in [1.82, 2.24) is 0 Å². The Morgan fingerprint density at radius 2 is 1.90 bits per heavy atom. The SMILES string of the molecule is CC(CC(=O)OC1CCC(C)C(C)C1)c1ccc(N)cc1. The molecular weight excluding hydrogens is 262 g/mol. The summed E-state index contributed by atoms with van der Waals surface area (Å²) < 4.78 is 5.66. The second-order valence-electron chi connectivity index (χ2n) is 6.65. The molecule has 2 N–H and O–H groups in total. The quantitative estimate of drug-likeness (QED) is 0.669. The predicted octanol–water partition coefficient (Wildman–Crippen LogP) is 4.13. The smallest absolute Gasteiger partial charge is 0.306 e. The van der Waals surface area contributed by atoms with Crippen molar-refractivity contribution in [3.05, 3.63) is 29.8 Å². The molecule has 0 heterocycles. The maximum Gasteiger partial charge on any atom is 0.306 e. The minimum atomic E-state index is -0.0777.